The van der Waals surface area contributed by atoms with Gasteiger partial charge in [0.15, 0.2) is 4.90 Å². The fourth-order valence-corrected chi connectivity index (χ4v) is 2.56. The van der Waals surface area contributed by atoms with Gasteiger partial charge >= 0.3 is 0 Å². The number of benzene rings is 1. The first kappa shape index (κ1) is 12.4. The van der Waals surface area contributed by atoms with Gasteiger partial charge < -0.3 is 4.98 Å². The van der Waals surface area contributed by atoms with Crippen molar-refractivity contribution >= 4 is 15.7 Å². The molecule has 0 amide bonds. The van der Waals surface area contributed by atoms with Crippen molar-refractivity contribution in [3.8, 4) is 0 Å². The van der Waals surface area contributed by atoms with Gasteiger partial charge in [0.2, 0.25) is 5.43 Å². The van der Waals surface area contributed by atoms with Crippen molar-refractivity contribution in [3.63, 3.8) is 0 Å². The van der Waals surface area contributed by atoms with E-state index in [1.807, 2.05) is 6.92 Å². The molecule has 0 atom stereocenters. The fraction of sp³-hybridized carbons (Fsp3) is 0.0833. The third-order valence-corrected chi connectivity index (χ3v) is 3.78. The normalized spacial score (nSPS) is 11.2. The predicted molar refractivity (Wildman–Crippen MR) is 69.1 cm³/mol. The van der Waals surface area contributed by atoms with E-state index in [0.29, 0.717) is 5.69 Å². The summed E-state index contributed by atoms with van der Waals surface area (Å²) in [4.78, 5) is 13.8. The minimum Gasteiger partial charge on any atom is -0.366 e. The molecule has 2 rings (SSSR count). The van der Waals surface area contributed by atoms with E-state index >= 15 is 0 Å². The second kappa shape index (κ2) is 4.66. The summed E-state index contributed by atoms with van der Waals surface area (Å²) in [5.41, 5.74) is 0.896. The van der Waals surface area contributed by atoms with Crippen LogP contribution < -0.4 is 10.2 Å². The van der Waals surface area contributed by atoms with Crippen molar-refractivity contribution in [2.24, 2.45) is 0 Å². The van der Waals surface area contributed by atoms with Crippen LogP contribution in [-0.2, 0) is 10.0 Å². The van der Waals surface area contributed by atoms with E-state index < -0.39 is 15.5 Å². The summed E-state index contributed by atoms with van der Waals surface area (Å²) >= 11 is 0. The van der Waals surface area contributed by atoms with Crippen molar-refractivity contribution in [2.75, 3.05) is 4.72 Å². The van der Waals surface area contributed by atoms with Crippen LogP contribution in [0.4, 0.5) is 5.69 Å². The van der Waals surface area contributed by atoms with Crippen LogP contribution in [0.25, 0.3) is 0 Å². The lowest BCUT2D eigenvalue weighted by Gasteiger charge is -2.07. The van der Waals surface area contributed by atoms with Crippen LogP contribution in [0.3, 0.4) is 0 Å². The standard InChI is InChI=1S/C12H12N2O3S/c1-9-2-4-10(5-3-9)14-18(16,17)12-8-13-7-6-11(12)15/h2-8,14H,1H3,(H,13,15). The van der Waals surface area contributed by atoms with Gasteiger partial charge in [-0.3, -0.25) is 9.52 Å². The smallest absolute Gasteiger partial charge is 0.267 e. The van der Waals surface area contributed by atoms with E-state index in [4.69, 9.17) is 0 Å². The molecule has 0 saturated heterocycles. The molecule has 2 aromatic rings. The molecule has 18 heavy (non-hydrogen) atoms. The van der Waals surface area contributed by atoms with Gasteiger partial charge in [-0.2, -0.15) is 0 Å². The summed E-state index contributed by atoms with van der Waals surface area (Å²) < 4.78 is 26.3. The Hall–Kier alpha value is -2.08. The topological polar surface area (TPSA) is 79.0 Å². The number of sulfonamides is 1. The summed E-state index contributed by atoms with van der Waals surface area (Å²) in [5.74, 6) is 0. The van der Waals surface area contributed by atoms with Gasteiger partial charge in [0, 0.05) is 24.1 Å². The monoisotopic (exact) mass is 264 g/mol. The average molecular weight is 264 g/mol. The van der Waals surface area contributed by atoms with Crippen molar-refractivity contribution in [3.05, 3.63) is 58.5 Å². The minimum atomic E-state index is -3.85. The fourth-order valence-electron chi connectivity index (χ4n) is 1.44. The Balaban J connectivity index is 2.36. The molecule has 0 fully saturated rings. The molecule has 0 unspecified atom stereocenters. The maximum Gasteiger partial charge on any atom is 0.267 e. The van der Waals surface area contributed by atoms with Crippen molar-refractivity contribution < 1.29 is 8.42 Å². The molecular weight excluding hydrogens is 252 g/mol. The van der Waals surface area contributed by atoms with Crippen LogP contribution in [0, 0.1) is 6.92 Å². The summed E-state index contributed by atoms with van der Waals surface area (Å²) in [6.07, 6.45) is 2.55. The first-order valence-corrected chi connectivity index (χ1v) is 6.74. The van der Waals surface area contributed by atoms with Crippen LogP contribution in [0.1, 0.15) is 5.56 Å². The lowest BCUT2D eigenvalue weighted by atomic mass is 10.2. The number of anilines is 1. The second-order valence-electron chi connectivity index (χ2n) is 3.84. The van der Waals surface area contributed by atoms with Crippen molar-refractivity contribution in [1.82, 2.24) is 4.98 Å². The van der Waals surface area contributed by atoms with E-state index in [0.717, 1.165) is 5.56 Å². The highest BCUT2D eigenvalue weighted by Crippen LogP contribution is 2.13. The van der Waals surface area contributed by atoms with Gasteiger partial charge in [-0.25, -0.2) is 8.42 Å². The summed E-state index contributed by atoms with van der Waals surface area (Å²) in [5, 5.41) is 0. The number of nitrogens with one attached hydrogen (secondary N) is 2. The van der Waals surface area contributed by atoms with Crippen LogP contribution >= 0.6 is 0 Å². The number of aromatic nitrogens is 1. The van der Waals surface area contributed by atoms with Crippen LogP contribution in [-0.4, -0.2) is 13.4 Å². The number of pyridine rings is 1. The molecule has 0 aliphatic heterocycles. The summed E-state index contributed by atoms with van der Waals surface area (Å²) in [6, 6.07) is 8.03. The van der Waals surface area contributed by atoms with E-state index in [9.17, 15) is 13.2 Å². The predicted octanol–water partition coefficient (Wildman–Crippen LogP) is 1.48. The number of rotatable bonds is 3. The zero-order valence-corrected chi connectivity index (χ0v) is 10.5. The van der Waals surface area contributed by atoms with Gasteiger partial charge in [0.05, 0.1) is 0 Å². The van der Waals surface area contributed by atoms with Gasteiger partial charge in [-0.05, 0) is 19.1 Å². The molecule has 6 heteroatoms. The van der Waals surface area contributed by atoms with Crippen LogP contribution in [0.5, 0.6) is 0 Å². The SMILES string of the molecule is Cc1ccc(NS(=O)(=O)c2c[nH]ccc2=O)cc1. The first-order valence-electron chi connectivity index (χ1n) is 5.26. The Morgan fingerprint density at radius 1 is 1.11 bits per heavy atom. The molecule has 5 nitrogen and oxygen atoms in total. The molecule has 2 N–H and O–H groups in total. The maximum absolute atomic E-state index is 12.0. The molecule has 1 heterocycles. The highest BCUT2D eigenvalue weighted by molar-refractivity contribution is 7.92. The molecule has 0 radical (unpaired) electrons. The van der Waals surface area contributed by atoms with E-state index in [1.54, 1.807) is 24.3 Å². The first-order chi connectivity index (χ1) is 8.49. The zero-order valence-electron chi connectivity index (χ0n) is 9.67. The third-order valence-electron chi connectivity index (χ3n) is 2.38. The highest BCUT2D eigenvalue weighted by Gasteiger charge is 2.17. The zero-order chi connectivity index (χ0) is 13.2. The Morgan fingerprint density at radius 3 is 2.39 bits per heavy atom. The molecular formula is C12H12N2O3S. The summed E-state index contributed by atoms with van der Waals surface area (Å²) in [7, 11) is -3.85. The number of hydrogen-bond donors (Lipinski definition) is 2. The van der Waals surface area contributed by atoms with Gasteiger partial charge in [0.25, 0.3) is 10.0 Å². The summed E-state index contributed by atoms with van der Waals surface area (Å²) in [6.45, 7) is 1.90. The molecule has 0 aliphatic rings. The Morgan fingerprint density at radius 2 is 1.78 bits per heavy atom. The van der Waals surface area contributed by atoms with Crippen molar-refractivity contribution in [2.45, 2.75) is 11.8 Å². The Kier molecular flexibility index (Phi) is 3.20. The molecule has 1 aromatic carbocycles. The number of hydrogen-bond acceptors (Lipinski definition) is 3. The molecule has 94 valence electrons. The molecule has 0 aliphatic carbocycles. The van der Waals surface area contributed by atoms with Gasteiger partial charge in [-0.15, -0.1) is 0 Å². The maximum atomic E-state index is 12.0. The van der Waals surface area contributed by atoms with E-state index in [1.165, 1.54) is 18.5 Å². The number of aryl methyl sites for hydroxylation is 1. The largest absolute Gasteiger partial charge is 0.366 e. The Bertz CT molecular complexity index is 703. The number of aromatic amines is 1. The Labute approximate surface area is 105 Å². The lowest BCUT2D eigenvalue weighted by molar-refractivity contribution is 0.600. The molecule has 0 spiro atoms. The molecule has 1 aromatic heterocycles. The number of H-pyrrole nitrogens is 1. The van der Waals surface area contributed by atoms with Crippen molar-refractivity contribution in [1.29, 1.82) is 0 Å². The third kappa shape index (κ3) is 2.60. The average Bonchev–Trinajstić information content (AvgIpc) is 2.32. The van der Waals surface area contributed by atoms with Gasteiger partial charge in [0.1, 0.15) is 0 Å². The molecule has 0 saturated carbocycles. The lowest BCUT2D eigenvalue weighted by Crippen LogP contribution is -2.20. The van der Waals surface area contributed by atoms with E-state index in [2.05, 4.69) is 9.71 Å². The highest BCUT2D eigenvalue weighted by atomic mass is 32.2. The second-order valence-corrected chi connectivity index (χ2v) is 5.50. The van der Waals surface area contributed by atoms with Gasteiger partial charge in [-0.1, -0.05) is 17.7 Å². The quantitative estimate of drug-likeness (QED) is 0.881. The minimum absolute atomic E-state index is 0.300. The molecule has 0 bridgehead atoms. The van der Waals surface area contributed by atoms with E-state index in [-0.39, 0.29) is 4.90 Å². The van der Waals surface area contributed by atoms with Crippen LogP contribution in [0.15, 0.2) is 52.4 Å². The van der Waals surface area contributed by atoms with Crippen LogP contribution in [0.2, 0.25) is 0 Å².